The van der Waals surface area contributed by atoms with Gasteiger partial charge in [-0.05, 0) is 41.0 Å². The van der Waals surface area contributed by atoms with E-state index >= 15 is 0 Å². The number of hydrogen-bond donors (Lipinski definition) is 1. The number of benzene rings is 3. The third-order valence-electron chi connectivity index (χ3n) is 6.09. The lowest BCUT2D eigenvalue weighted by Gasteiger charge is -2.32. The number of amides is 2. The molecule has 1 heterocycles. The van der Waals surface area contributed by atoms with Crippen LogP contribution in [0.15, 0.2) is 72.8 Å². The number of carbonyl (C=O) groups is 2. The van der Waals surface area contributed by atoms with E-state index in [-0.39, 0.29) is 19.9 Å². The lowest BCUT2D eigenvalue weighted by Crippen LogP contribution is -2.47. The summed E-state index contributed by atoms with van der Waals surface area (Å²) in [5.41, 5.74) is 2.11. The van der Waals surface area contributed by atoms with Gasteiger partial charge in [-0.2, -0.15) is 4.31 Å². The fourth-order valence-electron chi connectivity index (χ4n) is 3.95. The van der Waals surface area contributed by atoms with Crippen molar-refractivity contribution in [1.29, 1.82) is 0 Å². The Labute approximate surface area is 227 Å². The lowest BCUT2D eigenvalue weighted by atomic mass is 10.0. The van der Waals surface area contributed by atoms with Gasteiger partial charge in [-0.15, -0.1) is 0 Å². The van der Waals surface area contributed by atoms with Gasteiger partial charge in [-0.1, -0.05) is 60.1 Å². The highest BCUT2D eigenvalue weighted by atomic mass is 35.5. The highest BCUT2D eigenvalue weighted by molar-refractivity contribution is 7.88. The minimum absolute atomic E-state index is 0.0601. The van der Waals surface area contributed by atoms with Crippen LogP contribution < -0.4 is 14.8 Å². The number of hydrogen-bond acceptors (Lipinski definition) is 6. The van der Waals surface area contributed by atoms with Crippen LogP contribution in [0.5, 0.6) is 11.5 Å². The number of likely N-dealkylation sites (N-methyl/N-ethyl adjacent to an activating group) is 1. The Hall–Kier alpha value is -3.60. The number of fused-ring (bicyclic) bond motifs is 1. The summed E-state index contributed by atoms with van der Waals surface area (Å²) >= 11 is 6.04. The van der Waals surface area contributed by atoms with Gasteiger partial charge in [0.15, 0.2) is 11.5 Å². The summed E-state index contributed by atoms with van der Waals surface area (Å²) in [5.74, 6) is 0.287. The topological polar surface area (TPSA) is 105 Å². The van der Waals surface area contributed by atoms with Crippen molar-refractivity contribution in [2.45, 2.75) is 19.1 Å². The molecule has 4 rings (SSSR count). The Morgan fingerprint density at radius 2 is 1.63 bits per heavy atom. The molecule has 200 valence electrons. The molecule has 0 fully saturated rings. The van der Waals surface area contributed by atoms with Gasteiger partial charge in [-0.25, -0.2) is 8.42 Å². The largest absolute Gasteiger partial charge is 0.454 e. The summed E-state index contributed by atoms with van der Waals surface area (Å²) in [6, 6.07) is 20.2. The van der Waals surface area contributed by atoms with Gasteiger partial charge in [0, 0.05) is 25.2 Å². The van der Waals surface area contributed by atoms with Gasteiger partial charge in [0.1, 0.15) is 6.04 Å². The first-order chi connectivity index (χ1) is 18.1. The second kappa shape index (κ2) is 11.8. The van der Waals surface area contributed by atoms with Crippen molar-refractivity contribution < 1.29 is 27.5 Å². The van der Waals surface area contributed by atoms with Crippen LogP contribution in [0, 0.1) is 0 Å². The van der Waals surface area contributed by atoms with Crippen molar-refractivity contribution in [2.75, 3.05) is 26.6 Å². The van der Waals surface area contributed by atoms with Crippen molar-refractivity contribution in [3.8, 4) is 11.5 Å². The summed E-state index contributed by atoms with van der Waals surface area (Å²) in [7, 11) is -2.30. The molecule has 3 aromatic carbocycles. The van der Waals surface area contributed by atoms with Gasteiger partial charge in [-0.3, -0.25) is 9.59 Å². The van der Waals surface area contributed by atoms with Crippen molar-refractivity contribution in [3.05, 3.63) is 94.5 Å². The first-order valence-corrected chi connectivity index (χ1v) is 14.0. The Bertz CT molecular complexity index is 1400. The lowest BCUT2D eigenvalue weighted by molar-refractivity contribution is -0.141. The average Bonchev–Trinajstić information content (AvgIpc) is 3.36. The van der Waals surface area contributed by atoms with E-state index in [9.17, 15) is 18.0 Å². The predicted octanol–water partition coefficient (Wildman–Crippen LogP) is 3.35. The van der Waals surface area contributed by atoms with E-state index in [4.69, 9.17) is 21.1 Å². The Morgan fingerprint density at radius 1 is 0.974 bits per heavy atom. The number of nitrogens with zero attached hydrogens (tertiary/aromatic N) is 2. The number of carbonyl (C=O) groups excluding carboxylic acids is 2. The molecule has 38 heavy (non-hydrogen) atoms. The van der Waals surface area contributed by atoms with Crippen LogP contribution in [0.1, 0.15) is 22.7 Å². The summed E-state index contributed by atoms with van der Waals surface area (Å²) in [6.45, 7) is -0.0360. The summed E-state index contributed by atoms with van der Waals surface area (Å²) in [5, 5.41) is 3.45. The molecule has 1 aliphatic rings. The standard InChI is InChI=1S/C27H28ClN3O6S/c1-30(38(2,34)35)17-25(32)31(16-19-8-11-22(28)12-9-19)26(21-6-4-3-5-7-21)27(33)29-15-20-10-13-23-24(14-20)37-18-36-23/h3-14,26H,15-18H2,1-2H3,(H,29,33)/t26-/m1/s1. The normalized spacial score (nSPS) is 13.3. The summed E-state index contributed by atoms with van der Waals surface area (Å²) in [4.78, 5) is 28.7. The predicted molar refractivity (Wildman–Crippen MR) is 143 cm³/mol. The minimum Gasteiger partial charge on any atom is -0.454 e. The second-order valence-electron chi connectivity index (χ2n) is 8.89. The third kappa shape index (κ3) is 6.83. The van der Waals surface area contributed by atoms with Crippen LogP contribution >= 0.6 is 11.6 Å². The molecular formula is C27H28ClN3O6S. The van der Waals surface area contributed by atoms with Crippen molar-refractivity contribution in [1.82, 2.24) is 14.5 Å². The monoisotopic (exact) mass is 557 g/mol. The first kappa shape index (κ1) is 27.4. The van der Waals surface area contributed by atoms with E-state index in [1.54, 1.807) is 60.7 Å². The van der Waals surface area contributed by atoms with E-state index in [0.29, 0.717) is 22.1 Å². The average molecular weight is 558 g/mol. The Morgan fingerprint density at radius 3 is 2.32 bits per heavy atom. The SMILES string of the molecule is CN(CC(=O)N(Cc1ccc(Cl)cc1)[C@@H](C(=O)NCc1ccc2c(c1)OCO2)c1ccccc1)S(C)(=O)=O. The zero-order chi connectivity index (χ0) is 27.3. The maximum absolute atomic E-state index is 13.7. The molecule has 0 saturated heterocycles. The molecule has 0 spiro atoms. The molecule has 0 saturated carbocycles. The molecule has 0 radical (unpaired) electrons. The third-order valence-corrected chi connectivity index (χ3v) is 7.60. The zero-order valence-corrected chi connectivity index (χ0v) is 22.5. The molecule has 9 nitrogen and oxygen atoms in total. The molecule has 3 aromatic rings. The number of nitrogens with one attached hydrogen (secondary N) is 1. The smallest absolute Gasteiger partial charge is 0.247 e. The highest BCUT2D eigenvalue weighted by Gasteiger charge is 2.33. The Balaban J connectivity index is 1.64. The first-order valence-electron chi connectivity index (χ1n) is 11.8. The van der Waals surface area contributed by atoms with Gasteiger partial charge in [0.25, 0.3) is 0 Å². The Kier molecular flexibility index (Phi) is 8.55. The van der Waals surface area contributed by atoms with Gasteiger partial charge < -0.3 is 19.7 Å². The van der Waals surface area contributed by atoms with E-state index in [1.165, 1.54) is 11.9 Å². The molecule has 1 N–H and O–H groups in total. The highest BCUT2D eigenvalue weighted by Crippen LogP contribution is 2.32. The maximum Gasteiger partial charge on any atom is 0.247 e. The van der Waals surface area contributed by atoms with Crippen molar-refractivity contribution in [3.63, 3.8) is 0 Å². The van der Waals surface area contributed by atoms with Gasteiger partial charge in [0.05, 0.1) is 12.8 Å². The quantitative estimate of drug-likeness (QED) is 0.410. The van der Waals surface area contributed by atoms with E-state index in [0.717, 1.165) is 21.7 Å². The fraction of sp³-hybridized carbons (Fsp3) is 0.259. The molecule has 0 aromatic heterocycles. The second-order valence-corrected chi connectivity index (χ2v) is 11.4. The summed E-state index contributed by atoms with van der Waals surface area (Å²) in [6.07, 6.45) is 1.02. The van der Waals surface area contributed by atoms with Crippen LogP contribution in [0.2, 0.25) is 5.02 Å². The van der Waals surface area contributed by atoms with Crippen LogP contribution in [-0.2, 0) is 32.7 Å². The van der Waals surface area contributed by atoms with Crippen LogP contribution in [-0.4, -0.2) is 56.1 Å². The molecule has 2 amide bonds. The van der Waals surface area contributed by atoms with E-state index in [1.807, 2.05) is 12.1 Å². The van der Waals surface area contributed by atoms with Gasteiger partial charge in [0.2, 0.25) is 28.6 Å². The van der Waals surface area contributed by atoms with Crippen LogP contribution in [0.4, 0.5) is 0 Å². The number of sulfonamides is 1. The molecule has 1 atom stereocenters. The minimum atomic E-state index is -3.63. The van der Waals surface area contributed by atoms with Gasteiger partial charge >= 0.3 is 0 Å². The molecule has 1 aliphatic heterocycles. The maximum atomic E-state index is 13.7. The molecule has 0 unspecified atom stereocenters. The molecule has 0 aliphatic carbocycles. The van der Waals surface area contributed by atoms with Crippen LogP contribution in [0.25, 0.3) is 0 Å². The number of ether oxygens (including phenoxy) is 2. The summed E-state index contributed by atoms with van der Waals surface area (Å²) < 4.78 is 35.8. The van der Waals surface area contributed by atoms with Crippen molar-refractivity contribution in [2.24, 2.45) is 0 Å². The zero-order valence-electron chi connectivity index (χ0n) is 21.0. The van der Waals surface area contributed by atoms with Crippen LogP contribution in [0.3, 0.4) is 0 Å². The number of halogens is 1. The fourth-order valence-corrected chi connectivity index (χ4v) is 4.42. The van der Waals surface area contributed by atoms with E-state index < -0.39 is 34.4 Å². The van der Waals surface area contributed by atoms with Crippen molar-refractivity contribution >= 4 is 33.4 Å². The number of rotatable bonds is 10. The molecular weight excluding hydrogens is 530 g/mol. The molecule has 11 heteroatoms. The molecule has 0 bridgehead atoms. The van der Waals surface area contributed by atoms with E-state index in [2.05, 4.69) is 5.32 Å².